The first-order valence-electron chi connectivity index (χ1n) is 5.07. The molecule has 2 N–H and O–H groups in total. The van der Waals surface area contributed by atoms with Gasteiger partial charge in [0, 0.05) is 13.2 Å². The topological polar surface area (TPSA) is 58.6 Å². The van der Waals surface area contributed by atoms with Crippen molar-refractivity contribution < 1.29 is 14.6 Å². The molecule has 4 heteroatoms. The van der Waals surface area contributed by atoms with E-state index in [0.29, 0.717) is 13.2 Å². The van der Waals surface area contributed by atoms with Crippen LogP contribution in [0.1, 0.15) is 33.6 Å². The molecule has 0 saturated heterocycles. The van der Waals surface area contributed by atoms with Crippen LogP contribution in [-0.2, 0) is 9.53 Å². The number of carbonyl (C=O) groups is 1. The van der Waals surface area contributed by atoms with Crippen LogP contribution in [0.3, 0.4) is 0 Å². The molecule has 0 spiro atoms. The summed E-state index contributed by atoms with van der Waals surface area (Å²) >= 11 is 0. The highest BCUT2D eigenvalue weighted by Crippen LogP contribution is 1.99. The lowest BCUT2D eigenvalue weighted by molar-refractivity contribution is -0.136. The third-order valence-corrected chi connectivity index (χ3v) is 1.73. The van der Waals surface area contributed by atoms with Crippen molar-refractivity contribution in [3.05, 3.63) is 0 Å². The molecule has 0 aromatic carbocycles. The van der Waals surface area contributed by atoms with E-state index in [0.717, 1.165) is 19.4 Å². The normalized spacial score (nSPS) is 11.4. The summed E-state index contributed by atoms with van der Waals surface area (Å²) in [6.07, 6.45) is 2.15. The molecule has 0 aliphatic carbocycles. The number of hydrogen-bond donors (Lipinski definition) is 2. The van der Waals surface area contributed by atoms with Crippen molar-refractivity contribution in [1.82, 2.24) is 5.32 Å². The Kier molecular flexibility index (Phi) is 6.49. The highest BCUT2D eigenvalue weighted by molar-refractivity contribution is 5.83. The van der Waals surface area contributed by atoms with Crippen LogP contribution in [-0.4, -0.2) is 36.4 Å². The molecule has 0 aliphatic rings. The number of ether oxygens (including phenoxy) is 1. The predicted octanol–water partition coefficient (Wildman–Crippen LogP) is 0.690. The molecule has 0 heterocycles. The van der Waals surface area contributed by atoms with E-state index in [-0.39, 0.29) is 5.91 Å². The summed E-state index contributed by atoms with van der Waals surface area (Å²) in [6, 6.07) is 0. The first-order valence-corrected chi connectivity index (χ1v) is 5.07. The van der Waals surface area contributed by atoms with Crippen LogP contribution in [0.25, 0.3) is 0 Å². The van der Waals surface area contributed by atoms with Crippen molar-refractivity contribution in [1.29, 1.82) is 0 Å². The third kappa shape index (κ3) is 6.86. The molecule has 0 unspecified atom stereocenters. The van der Waals surface area contributed by atoms with Gasteiger partial charge in [-0.1, -0.05) is 13.3 Å². The summed E-state index contributed by atoms with van der Waals surface area (Å²) < 4.78 is 5.24. The molecule has 0 fully saturated rings. The number of hydrogen-bond acceptors (Lipinski definition) is 3. The standard InChI is InChI=1S/C10H21NO3/c1-4-5-7-14-8-6-11-9(12)10(2,3)13/h13H,4-8H2,1-3H3,(H,11,12). The Bertz CT molecular complexity index is 163. The molecular weight excluding hydrogens is 182 g/mol. The van der Waals surface area contributed by atoms with Crippen LogP contribution in [0.15, 0.2) is 0 Å². The summed E-state index contributed by atoms with van der Waals surface area (Å²) in [6.45, 7) is 6.70. The molecule has 1 amide bonds. The first kappa shape index (κ1) is 13.4. The molecular formula is C10H21NO3. The molecule has 0 aliphatic heterocycles. The molecule has 84 valence electrons. The van der Waals surface area contributed by atoms with Gasteiger partial charge in [0.2, 0.25) is 0 Å². The zero-order valence-electron chi connectivity index (χ0n) is 9.30. The molecule has 0 aromatic rings. The average Bonchev–Trinajstić information content (AvgIpc) is 2.09. The summed E-state index contributed by atoms with van der Waals surface area (Å²) in [7, 11) is 0. The molecule has 0 rings (SSSR count). The van der Waals surface area contributed by atoms with Crippen molar-refractivity contribution in [2.24, 2.45) is 0 Å². The van der Waals surface area contributed by atoms with E-state index in [2.05, 4.69) is 12.2 Å². The van der Waals surface area contributed by atoms with Crippen molar-refractivity contribution in [2.75, 3.05) is 19.8 Å². The maximum Gasteiger partial charge on any atom is 0.251 e. The maximum atomic E-state index is 11.1. The Morgan fingerprint density at radius 3 is 2.57 bits per heavy atom. The van der Waals surface area contributed by atoms with Crippen molar-refractivity contribution >= 4 is 5.91 Å². The smallest absolute Gasteiger partial charge is 0.251 e. The third-order valence-electron chi connectivity index (χ3n) is 1.73. The van der Waals surface area contributed by atoms with Crippen molar-refractivity contribution in [2.45, 2.75) is 39.2 Å². The van der Waals surface area contributed by atoms with Gasteiger partial charge < -0.3 is 15.2 Å². The zero-order chi connectivity index (χ0) is 11.0. The number of unbranched alkanes of at least 4 members (excludes halogenated alkanes) is 1. The fourth-order valence-corrected chi connectivity index (χ4v) is 0.801. The number of amides is 1. The van der Waals surface area contributed by atoms with E-state index in [4.69, 9.17) is 4.74 Å². The van der Waals surface area contributed by atoms with E-state index in [9.17, 15) is 9.90 Å². The van der Waals surface area contributed by atoms with Crippen LogP contribution >= 0.6 is 0 Å². The number of aliphatic hydroxyl groups is 1. The van der Waals surface area contributed by atoms with Crippen LogP contribution in [0.4, 0.5) is 0 Å². The van der Waals surface area contributed by atoms with E-state index in [1.165, 1.54) is 13.8 Å². The van der Waals surface area contributed by atoms with Crippen molar-refractivity contribution in [3.8, 4) is 0 Å². The molecule has 0 saturated carbocycles. The van der Waals surface area contributed by atoms with Gasteiger partial charge in [0.25, 0.3) is 5.91 Å². The van der Waals surface area contributed by atoms with E-state index in [1.54, 1.807) is 0 Å². The van der Waals surface area contributed by atoms with Crippen LogP contribution in [0, 0.1) is 0 Å². The van der Waals surface area contributed by atoms with E-state index < -0.39 is 5.60 Å². The number of nitrogens with one attached hydrogen (secondary N) is 1. The van der Waals surface area contributed by atoms with Crippen LogP contribution in [0.5, 0.6) is 0 Å². The maximum absolute atomic E-state index is 11.1. The lowest BCUT2D eigenvalue weighted by Gasteiger charge is -2.16. The van der Waals surface area contributed by atoms with Gasteiger partial charge in [-0.3, -0.25) is 4.79 Å². The summed E-state index contributed by atoms with van der Waals surface area (Å²) in [4.78, 5) is 11.1. The predicted molar refractivity (Wildman–Crippen MR) is 55.0 cm³/mol. The van der Waals surface area contributed by atoms with Crippen LogP contribution in [0.2, 0.25) is 0 Å². The average molecular weight is 203 g/mol. The van der Waals surface area contributed by atoms with Gasteiger partial charge in [0.1, 0.15) is 5.60 Å². The molecule has 0 radical (unpaired) electrons. The minimum Gasteiger partial charge on any atom is -0.381 e. The quantitative estimate of drug-likeness (QED) is 0.598. The Morgan fingerprint density at radius 2 is 2.07 bits per heavy atom. The second-order valence-electron chi connectivity index (χ2n) is 3.78. The molecule has 0 atom stereocenters. The molecule has 0 aromatic heterocycles. The molecule has 4 nitrogen and oxygen atoms in total. The van der Waals surface area contributed by atoms with Gasteiger partial charge in [-0.15, -0.1) is 0 Å². The Balaban J connectivity index is 3.33. The number of carbonyl (C=O) groups excluding carboxylic acids is 1. The largest absolute Gasteiger partial charge is 0.381 e. The van der Waals surface area contributed by atoms with Gasteiger partial charge in [-0.25, -0.2) is 0 Å². The summed E-state index contributed by atoms with van der Waals surface area (Å²) in [5.74, 6) is -0.364. The summed E-state index contributed by atoms with van der Waals surface area (Å²) in [5, 5.41) is 11.9. The van der Waals surface area contributed by atoms with Gasteiger partial charge in [0.15, 0.2) is 0 Å². The molecule has 14 heavy (non-hydrogen) atoms. The van der Waals surface area contributed by atoms with Gasteiger partial charge >= 0.3 is 0 Å². The fourth-order valence-electron chi connectivity index (χ4n) is 0.801. The second-order valence-corrected chi connectivity index (χ2v) is 3.78. The lowest BCUT2D eigenvalue weighted by Crippen LogP contribution is -2.43. The van der Waals surface area contributed by atoms with Gasteiger partial charge in [-0.05, 0) is 20.3 Å². The highest BCUT2D eigenvalue weighted by Gasteiger charge is 2.22. The van der Waals surface area contributed by atoms with E-state index >= 15 is 0 Å². The van der Waals surface area contributed by atoms with Crippen molar-refractivity contribution in [3.63, 3.8) is 0 Å². The van der Waals surface area contributed by atoms with Crippen LogP contribution < -0.4 is 5.32 Å². The Hall–Kier alpha value is -0.610. The lowest BCUT2D eigenvalue weighted by atomic mass is 10.1. The Morgan fingerprint density at radius 1 is 1.43 bits per heavy atom. The summed E-state index contributed by atoms with van der Waals surface area (Å²) in [5.41, 5.74) is -1.30. The minimum atomic E-state index is -1.30. The monoisotopic (exact) mass is 203 g/mol. The second kappa shape index (κ2) is 6.79. The molecule has 0 bridgehead atoms. The zero-order valence-corrected chi connectivity index (χ0v) is 9.30. The Labute approximate surface area is 85.6 Å². The highest BCUT2D eigenvalue weighted by atomic mass is 16.5. The van der Waals surface area contributed by atoms with Gasteiger partial charge in [-0.2, -0.15) is 0 Å². The minimum absolute atomic E-state index is 0.364. The van der Waals surface area contributed by atoms with Gasteiger partial charge in [0.05, 0.1) is 6.61 Å². The number of rotatable bonds is 7. The van der Waals surface area contributed by atoms with E-state index in [1.807, 2.05) is 0 Å². The fraction of sp³-hybridized carbons (Fsp3) is 0.900. The SMILES string of the molecule is CCCCOCCNC(=O)C(C)(C)O. The first-order chi connectivity index (χ1) is 6.48.